The van der Waals surface area contributed by atoms with Crippen LogP contribution in [0.25, 0.3) is 0 Å². The Hall–Kier alpha value is -2.89. The number of nitrogens with zero attached hydrogens (tertiary/aromatic N) is 1. The standard InChI is InChI=1S/C19H22N2O4/c1-2-3-12-25-19(24)15-6-4-7-16(13-15)20-18(23)9-11-21-10-5-8-17(21)14-22/h4-8,10,13-14H,2-3,9,11-12H2,1H3,(H,20,23). The Morgan fingerprint density at radius 2 is 2.08 bits per heavy atom. The number of aromatic nitrogens is 1. The lowest BCUT2D eigenvalue weighted by atomic mass is 10.2. The number of unbranched alkanes of at least 4 members (excludes halogenated alkanes) is 1. The molecular weight excluding hydrogens is 320 g/mol. The highest BCUT2D eigenvalue weighted by Crippen LogP contribution is 2.13. The van der Waals surface area contributed by atoms with Crippen LogP contribution in [0.2, 0.25) is 0 Å². The molecule has 25 heavy (non-hydrogen) atoms. The average molecular weight is 342 g/mol. The van der Waals surface area contributed by atoms with E-state index >= 15 is 0 Å². The van der Waals surface area contributed by atoms with E-state index in [1.807, 2.05) is 6.92 Å². The molecule has 2 aromatic rings. The zero-order valence-electron chi connectivity index (χ0n) is 14.2. The third kappa shape index (κ3) is 5.60. The van der Waals surface area contributed by atoms with E-state index < -0.39 is 5.97 Å². The Labute approximate surface area is 146 Å². The van der Waals surface area contributed by atoms with Crippen LogP contribution in [0.4, 0.5) is 5.69 Å². The number of hydrogen-bond donors (Lipinski definition) is 1. The lowest BCUT2D eigenvalue weighted by molar-refractivity contribution is -0.116. The van der Waals surface area contributed by atoms with Crippen molar-refractivity contribution >= 4 is 23.9 Å². The van der Waals surface area contributed by atoms with Crippen LogP contribution < -0.4 is 5.32 Å². The molecule has 0 aliphatic heterocycles. The second kappa shape index (κ2) is 9.42. The van der Waals surface area contributed by atoms with Crippen LogP contribution in [-0.2, 0) is 16.1 Å². The predicted octanol–water partition coefficient (Wildman–Crippen LogP) is 3.29. The molecule has 6 nitrogen and oxygen atoms in total. The van der Waals surface area contributed by atoms with E-state index in [1.165, 1.54) is 0 Å². The van der Waals surface area contributed by atoms with Crippen molar-refractivity contribution in [1.82, 2.24) is 4.57 Å². The van der Waals surface area contributed by atoms with Gasteiger partial charge in [0.2, 0.25) is 5.91 Å². The minimum atomic E-state index is -0.396. The van der Waals surface area contributed by atoms with Crippen LogP contribution in [-0.4, -0.2) is 29.3 Å². The smallest absolute Gasteiger partial charge is 0.338 e. The van der Waals surface area contributed by atoms with Gasteiger partial charge in [-0.3, -0.25) is 9.59 Å². The predicted molar refractivity (Wildman–Crippen MR) is 94.7 cm³/mol. The van der Waals surface area contributed by atoms with Gasteiger partial charge < -0.3 is 14.6 Å². The van der Waals surface area contributed by atoms with Gasteiger partial charge in [-0.2, -0.15) is 0 Å². The fourth-order valence-corrected chi connectivity index (χ4v) is 2.30. The summed E-state index contributed by atoms with van der Waals surface area (Å²) in [7, 11) is 0. The van der Waals surface area contributed by atoms with Gasteiger partial charge in [-0.15, -0.1) is 0 Å². The summed E-state index contributed by atoms with van der Waals surface area (Å²) in [5, 5.41) is 2.76. The zero-order valence-corrected chi connectivity index (χ0v) is 14.2. The van der Waals surface area contributed by atoms with Crippen molar-refractivity contribution in [2.45, 2.75) is 32.7 Å². The van der Waals surface area contributed by atoms with Gasteiger partial charge in [-0.05, 0) is 36.8 Å². The van der Waals surface area contributed by atoms with Crippen LogP contribution in [0.15, 0.2) is 42.6 Å². The van der Waals surface area contributed by atoms with Gasteiger partial charge in [-0.25, -0.2) is 4.79 Å². The molecule has 1 N–H and O–H groups in total. The van der Waals surface area contributed by atoms with Crippen LogP contribution in [0.1, 0.15) is 47.0 Å². The highest BCUT2D eigenvalue weighted by Gasteiger charge is 2.09. The molecule has 0 atom stereocenters. The molecule has 2 rings (SSSR count). The molecular formula is C19H22N2O4. The number of amides is 1. The number of aldehydes is 1. The molecule has 0 spiro atoms. The number of esters is 1. The van der Waals surface area contributed by atoms with Gasteiger partial charge >= 0.3 is 5.97 Å². The fraction of sp³-hybridized carbons (Fsp3) is 0.316. The van der Waals surface area contributed by atoms with E-state index in [9.17, 15) is 14.4 Å². The van der Waals surface area contributed by atoms with Crippen LogP contribution in [0.3, 0.4) is 0 Å². The van der Waals surface area contributed by atoms with Crippen molar-refractivity contribution in [3.05, 3.63) is 53.9 Å². The summed E-state index contributed by atoms with van der Waals surface area (Å²) in [6.07, 6.45) is 4.51. The minimum Gasteiger partial charge on any atom is -0.462 e. The van der Waals surface area contributed by atoms with Gasteiger partial charge in [0.25, 0.3) is 0 Å². The maximum absolute atomic E-state index is 12.1. The molecule has 1 aromatic carbocycles. The first-order chi connectivity index (χ1) is 12.1. The van der Waals surface area contributed by atoms with Crippen molar-refractivity contribution in [2.24, 2.45) is 0 Å². The third-order valence-electron chi connectivity index (χ3n) is 3.68. The number of anilines is 1. The van der Waals surface area contributed by atoms with Crippen molar-refractivity contribution in [2.75, 3.05) is 11.9 Å². The lowest BCUT2D eigenvalue weighted by Crippen LogP contribution is -2.15. The van der Waals surface area contributed by atoms with Gasteiger partial charge in [0.1, 0.15) is 0 Å². The second-order valence-electron chi connectivity index (χ2n) is 5.61. The molecule has 0 aliphatic carbocycles. The summed E-state index contributed by atoms with van der Waals surface area (Å²) in [5.41, 5.74) is 1.48. The zero-order chi connectivity index (χ0) is 18.1. The summed E-state index contributed by atoms with van der Waals surface area (Å²) in [5.74, 6) is -0.588. The monoisotopic (exact) mass is 342 g/mol. The van der Waals surface area contributed by atoms with Gasteiger partial charge in [0.05, 0.1) is 17.9 Å². The normalized spacial score (nSPS) is 10.3. The summed E-state index contributed by atoms with van der Waals surface area (Å²) in [6.45, 7) is 2.82. The highest BCUT2D eigenvalue weighted by atomic mass is 16.5. The van der Waals surface area contributed by atoms with E-state index in [4.69, 9.17) is 4.74 Å². The van der Waals surface area contributed by atoms with E-state index in [0.717, 1.165) is 19.1 Å². The topological polar surface area (TPSA) is 77.4 Å². The Balaban J connectivity index is 1.89. The first-order valence-corrected chi connectivity index (χ1v) is 8.31. The molecule has 1 heterocycles. The van der Waals surface area contributed by atoms with Gasteiger partial charge in [0, 0.05) is 24.8 Å². The Bertz CT molecular complexity index is 737. The van der Waals surface area contributed by atoms with E-state index in [1.54, 1.807) is 47.2 Å². The quantitative estimate of drug-likeness (QED) is 0.431. The van der Waals surface area contributed by atoms with Crippen LogP contribution >= 0.6 is 0 Å². The number of carbonyl (C=O) groups is 3. The number of rotatable bonds is 9. The molecule has 1 amide bonds. The number of carbonyl (C=O) groups excluding carboxylic acids is 3. The molecule has 0 saturated heterocycles. The summed E-state index contributed by atoms with van der Waals surface area (Å²) in [6, 6.07) is 10.1. The maximum atomic E-state index is 12.1. The molecule has 0 unspecified atom stereocenters. The molecule has 0 radical (unpaired) electrons. The molecule has 132 valence electrons. The van der Waals surface area contributed by atoms with Crippen molar-refractivity contribution in [3.8, 4) is 0 Å². The van der Waals surface area contributed by atoms with Crippen molar-refractivity contribution in [1.29, 1.82) is 0 Å². The summed E-state index contributed by atoms with van der Waals surface area (Å²) in [4.78, 5) is 34.9. The Morgan fingerprint density at radius 1 is 1.24 bits per heavy atom. The number of benzene rings is 1. The number of ether oxygens (including phenoxy) is 1. The Kier molecular flexibility index (Phi) is 6.95. The van der Waals surface area contributed by atoms with E-state index in [0.29, 0.717) is 30.1 Å². The second-order valence-corrected chi connectivity index (χ2v) is 5.61. The first kappa shape index (κ1) is 18.4. The van der Waals surface area contributed by atoms with E-state index in [-0.39, 0.29) is 12.3 Å². The molecule has 1 aromatic heterocycles. The first-order valence-electron chi connectivity index (χ1n) is 8.31. The van der Waals surface area contributed by atoms with Crippen LogP contribution in [0.5, 0.6) is 0 Å². The number of hydrogen-bond acceptors (Lipinski definition) is 4. The van der Waals surface area contributed by atoms with Crippen LogP contribution in [0, 0.1) is 0 Å². The maximum Gasteiger partial charge on any atom is 0.338 e. The SMILES string of the molecule is CCCCOC(=O)c1cccc(NC(=O)CCn2cccc2C=O)c1. The Morgan fingerprint density at radius 3 is 2.84 bits per heavy atom. The van der Waals surface area contributed by atoms with Gasteiger partial charge in [-0.1, -0.05) is 19.4 Å². The fourth-order valence-electron chi connectivity index (χ4n) is 2.30. The molecule has 6 heteroatoms. The number of aryl methyl sites for hydroxylation is 1. The molecule has 0 saturated carbocycles. The lowest BCUT2D eigenvalue weighted by Gasteiger charge is -2.09. The third-order valence-corrected chi connectivity index (χ3v) is 3.68. The summed E-state index contributed by atoms with van der Waals surface area (Å²) < 4.78 is 6.88. The van der Waals surface area contributed by atoms with Crippen molar-refractivity contribution in [3.63, 3.8) is 0 Å². The minimum absolute atomic E-state index is 0.193. The highest BCUT2D eigenvalue weighted by molar-refractivity contribution is 5.94. The van der Waals surface area contributed by atoms with Crippen molar-refractivity contribution < 1.29 is 19.1 Å². The average Bonchev–Trinajstić information content (AvgIpc) is 3.08. The van der Waals surface area contributed by atoms with Gasteiger partial charge in [0.15, 0.2) is 6.29 Å². The van der Waals surface area contributed by atoms with E-state index in [2.05, 4.69) is 5.32 Å². The molecule has 0 fully saturated rings. The summed E-state index contributed by atoms with van der Waals surface area (Å²) >= 11 is 0. The largest absolute Gasteiger partial charge is 0.462 e. The number of nitrogens with one attached hydrogen (secondary N) is 1. The molecule has 0 bridgehead atoms. The molecule has 0 aliphatic rings.